The lowest BCUT2D eigenvalue weighted by Crippen LogP contribution is -2.15. The summed E-state index contributed by atoms with van der Waals surface area (Å²) in [5.74, 6) is 0.585. The molecule has 5 nitrogen and oxygen atoms in total. The minimum absolute atomic E-state index is 0.0200. The summed E-state index contributed by atoms with van der Waals surface area (Å²) in [7, 11) is 0. The number of amides is 2. The van der Waals surface area contributed by atoms with Crippen molar-refractivity contribution in [1.29, 1.82) is 0 Å². The summed E-state index contributed by atoms with van der Waals surface area (Å²) in [5.41, 5.74) is 3.01. The lowest BCUT2D eigenvalue weighted by molar-refractivity contribution is -0.116. The van der Waals surface area contributed by atoms with Crippen LogP contribution in [0, 0.1) is 5.92 Å². The lowest BCUT2D eigenvalue weighted by atomic mass is 10.1. The van der Waals surface area contributed by atoms with Gasteiger partial charge in [0.2, 0.25) is 5.91 Å². The second-order valence-corrected chi connectivity index (χ2v) is 7.76. The minimum atomic E-state index is -0.244. The number of benzene rings is 3. The van der Waals surface area contributed by atoms with E-state index in [2.05, 4.69) is 22.8 Å². The Balaban J connectivity index is 1.58. The average molecular weight is 417 g/mol. The van der Waals surface area contributed by atoms with E-state index in [1.807, 2.05) is 44.2 Å². The molecule has 3 aromatic carbocycles. The molecule has 0 radical (unpaired) electrons. The molecule has 0 fully saturated rings. The third-order valence-corrected chi connectivity index (χ3v) is 4.64. The van der Waals surface area contributed by atoms with Crippen molar-refractivity contribution < 1.29 is 14.3 Å². The van der Waals surface area contributed by atoms with Crippen molar-refractivity contribution in [2.45, 2.75) is 26.7 Å². The standard InChI is InChI=1S/C26H28N2O3/c1-19(2)18-25(29)27-21-12-14-22(15-13-21)28-26(30)23-10-6-7-11-24(23)31-17-16-20-8-4-3-5-9-20/h3-15,19H,16-18H2,1-2H3,(H,27,29)(H,28,30). The van der Waals surface area contributed by atoms with Crippen LogP contribution in [0.5, 0.6) is 5.75 Å². The molecule has 0 spiro atoms. The van der Waals surface area contributed by atoms with Crippen LogP contribution in [0.4, 0.5) is 11.4 Å². The highest BCUT2D eigenvalue weighted by molar-refractivity contribution is 6.06. The summed E-state index contributed by atoms with van der Waals surface area (Å²) in [6.45, 7) is 4.49. The lowest BCUT2D eigenvalue weighted by Gasteiger charge is -2.12. The molecule has 0 atom stereocenters. The summed E-state index contributed by atoms with van der Waals surface area (Å²) in [4.78, 5) is 24.7. The van der Waals surface area contributed by atoms with E-state index < -0.39 is 0 Å². The fourth-order valence-corrected chi connectivity index (χ4v) is 3.12. The Kier molecular flexibility index (Phi) is 7.82. The van der Waals surface area contributed by atoms with E-state index in [1.54, 1.807) is 36.4 Å². The van der Waals surface area contributed by atoms with Crippen molar-refractivity contribution in [1.82, 2.24) is 0 Å². The van der Waals surface area contributed by atoms with Gasteiger partial charge in [0, 0.05) is 24.2 Å². The molecular formula is C26H28N2O3. The number of hydrogen-bond acceptors (Lipinski definition) is 3. The van der Waals surface area contributed by atoms with Crippen LogP contribution in [0.3, 0.4) is 0 Å². The summed E-state index contributed by atoms with van der Waals surface area (Å²) in [6.07, 6.45) is 1.24. The van der Waals surface area contributed by atoms with Crippen molar-refractivity contribution in [3.63, 3.8) is 0 Å². The van der Waals surface area contributed by atoms with Crippen LogP contribution in [0.2, 0.25) is 0 Å². The third kappa shape index (κ3) is 7.00. The molecule has 0 aliphatic rings. The maximum absolute atomic E-state index is 12.8. The molecular weight excluding hydrogens is 388 g/mol. The van der Waals surface area contributed by atoms with Crippen LogP contribution >= 0.6 is 0 Å². The first kappa shape index (κ1) is 22.1. The van der Waals surface area contributed by atoms with Gasteiger partial charge in [-0.1, -0.05) is 56.3 Å². The molecule has 2 N–H and O–H groups in total. The highest BCUT2D eigenvalue weighted by Crippen LogP contribution is 2.21. The van der Waals surface area contributed by atoms with Gasteiger partial charge in [-0.3, -0.25) is 9.59 Å². The summed E-state index contributed by atoms with van der Waals surface area (Å²) in [6, 6.07) is 24.4. The maximum atomic E-state index is 12.8. The summed E-state index contributed by atoms with van der Waals surface area (Å²) in [5, 5.41) is 5.75. The number of carbonyl (C=O) groups is 2. The van der Waals surface area contributed by atoms with Gasteiger partial charge in [0.05, 0.1) is 12.2 Å². The molecule has 0 heterocycles. The SMILES string of the molecule is CC(C)CC(=O)Nc1ccc(NC(=O)c2ccccc2OCCc2ccccc2)cc1. The second kappa shape index (κ2) is 11.0. The number of anilines is 2. The fourth-order valence-electron chi connectivity index (χ4n) is 3.12. The van der Waals surface area contributed by atoms with Gasteiger partial charge in [-0.05, 0) is 47.9 Å². The molecule has 0 unspecified atom stereocenters. The van der Waals surface area contributed by atoms with Crippen LogP contribution in [0.25, 0.3) is 0 Å². The molecule has 3 rings (SSSR count). The highest BCUT2D eigenvalue weighted by atomic mass is 16.5. The normalized spacial score (nSPS) is 10.5. The van der Waals surface area contributed by atoms with Crippen molar-refractivity contribution in [3.8, 4) is 5.75 Å². The quantitative estimate of drug-likeness (QED) is 0.481. The minimum Gasteiger partial charge on any atom is -0.492 e. The van der Waals surface area contributed by atoms with E-state index in [1.165, 1.54) is 5.56 Å². The first-order valence-corrected chi connectivity index (χ1v) is 10.5. The number of hydrogen-bond donors (Lipinski definition) is 2. The van der Waals surface area contributed by atoms with Crippen LogP contribution in [-0.2, 0) is 11.2 Å². The Labute approximate surface area is 183 Å². The zero-order valence-corrected chi connectivity index (χ0v) is 17.9. The zero-order chi connectivity index (χ0) is 22.1. The van der Waals surface area contributed by atoms with Crippen molar-refractivity contribution >= 4 is 23.2 Å². The van der Waals surface area contributed by atoms with Gasteiger partial charge in [-0.2, -0.15) is 0 Å². The molecule has 160 valence electrons. The number of rotatable bonds is 9. The highest BCUT2D eigenvalue weighted by Gasteiger charge is 2.13. The molecule has 0 saturated heterocycles. The summed E-state index contributed by atoms with van der Waals surface area (Å²) >= 11 is 0. The fraction of sp³-hybridized carbons (Fsp3) is 0.231. The van der Waals surface area contributed by atoms with Gasteiger partial charge in [0.1, 0.15) is 5.75 Å². The van der Waals surface area contributed by atoms with Gasteiger partial charge in [0.25, 0.3) is 5.91 Å². The van der Waals surface area contributed by atoms with Gasteiger partial charge in [-0.15, -0.1) is 0 Å². The van der Waals surface area contributed by atoms with E-state index in [0.29, 0.717) is 41.6 Å². The van der Waals surface area contributed by atoms with Crippen molar-refractivity contribution in [2.75, 3.05) is 17.2 Å². The zero-order valence-electron chi connectivity index (χ0n) is 17.9. The summed E-state index contributed by atoms with van der Waals surface area (Å²) < 4.78 is 5.89. The predicted octanol–water partition coefficient (Wildman–Crippen LogP) is 5.55. The monoisotopic (exact) mass is 416 g/mol. The van der Waals surface area contributed by atoms with E-state index in [9.17, 15) is 9.59 Å². The molecule has 2 amide bonds. The van der Waals surface area contributed by atoms with Crippen LogP contribution in [0.15, 0.2) is 78.9 Å². The van der Waals surface area contributed by atoms with Crippen LogP contribution in [-0.4, -0.2) is 18.4 Å². The van der Waals surface area contributed by atoms with Gasteiger partial charge < -0.3 is 15.4 Å². The van der Waals surface area contributed by atoms with Gasteiger partial charge in [0.15, 0.2) is 0 Å². The van der Waals surface area contributed by atoms with Crippen molar-refractivity contribution in [2.24, 2.45) is 5.92 Å². The molecule has 3 aromatic rings. The van der Waals surface area contributed by atoms with E-state index in [4.69, 9.17) is 4.74 Å². The topological polar surface area (TPSA) is 67.4 Å². The first-order chi connectivity index (χ1) is 15.0. The maximum Gasteiger partial charge on any atom is 0.259 e. The van der Waals surface area contributed by atoms with Crippen molar-refractivity contribution in [3.05, 3.63) is 90.0 Å². The Morgan fingerprint density at radius 1 is 0.806 bits per heavy atom. The van der Waals surface area contributed by atoms with Crippen LogP contribution in [0.1, 0.15) is 36.2 Å². The molecule has 0 aliphatic carbocycles. The predicted molar refractivity (Wildman–Crippen MR) is 125 cm³/mol. The molecule has 0 aromatic heterocycles. The Hall–Kier alpha value is -3.60. The largest absolute Gasteiger partial charge is 0.492 e. The Morgan fingerprint density at radius 3 is 2.10 bits per heavy atom. The number of ether oxygens (including phenoxy) is 1. The van der Waals surface area contributed by atoms with E-state index in [0.717, 1.165) is 6.42 Å². The van der Waals surface area contributed by atoms with E-state index >= 15 is 0 Å². The molecule has 31 heavy (non-hydrogen) atoms. The molecule has 0 aliphatic heterocycles. The van der Waals surface area contributed by atoms with E-state index in [-0.39, 0.29) is 11.8 Å². The first-order valence-electron chi connectivity index (χ1n) is 10.5. The number of para-hydroxylation sites is 1. The van der Waals surface area contributed by atoms with Gasteiger partial charge >= 0.3 is 0 Å². The molecule has 0 saturated carbocycles. The number of nitrogens with one attached hydrogen (secondary N) is 2. The number of carbonyl (C=O) groups excluding carboxylic acids is 2. The molecule has 0 bridgehead atoms. The third-order valence-electron chi connectivity index (χ3n) is 4.64. The smallest absolute Gasteiger partial charge is 0.259 e. The Bertz CT molecular complexity index is 999. The second-order valence-electron chi connectivity index (χ2n) is 7.76. The van der Waals surface area contributed by atoms with Crippen LogP contribution < -0.4 is 15.4 Å². The average Bonchev–Trinajstić information content (AvgIpc) is 2.75. The van der Waals surface area contributed by atoms with Gasteiger partial charge in [-0.25, -0.2) is 0 Å². The Morgan fingerprint density at radius 2 is 1.42 bits per heavy atom. The molecule has 5 heteroatoms.